The molecule has 5 rings (SSSR count). The van der Waals surface area contributed by atoms with Gasteiger partial charge < -0.3 is 9.47 Å². The van der Waals surface area contributed by atoms with E-state index in [-0.39, 0.29) is 12.4 Å². The van der Waals surface area contributed by atoms with Gasteiger partial charge in [0.1, 0.15) is 4.83 Å². The number of aryl methyl sites for hydroxylation is 2. The average Bonchev–Trinajstić information content (AvgIpc) is 3.25. The first-order chi connectivity index (χ1) is 11.7. The van der Waals surface area contributed by atoms with Crippen LogP contribution in [0, 0.1) is 0 Å². The topological polar surface area (TPSA) is 53.4 Å². The van der Waals surface area contributed by atoms with Crippen LogP contribution in [0.15, 0.2) is 27.7 Å². The zero-order valence-electron chi connectivity index (χ0n) is 12.7. The summed E-state index contributed by atoms with van der Waals surface area (Å²) in [5.41, 5.74) is 2.23. The summed E-state index contributed by atoms with van der Waals surface area (Å²) < 4.78 is 13.4. The molecule has 5 nitrogen and oxygen atoms in total. The Morgan fingerprint density at radius 1 is 1.25 bits per heavy atom. The minimum Gasteiger partial charge on any atom is -0.454 e. The lowest BCUT2D eigenvalue weighted by molar-refractivity contribution is 0.174. The third kappa shape index (κ3) is 2.11. The molecule has 7 heteroatoms. The van der Waals surface area contributed by atoms with Crippen LogP contribution in [-0.4, -0.2) is 16.3 Å². The molecular weight excluding hydrogens is 392 g/mol. The molecule has 2 aromatic heterocycles. The quantitative estimate of drug-likeness (QED) is 0.655. The van der Waals surface area contributed by atoms with Crippen LogP contribution in [0.4, 0.5) is 0 Å². The number of benzene rings is 1. The van der Waals surface area contributed by atoms with E-state index in [1.54, 1.807) is 22.2 Å². The van der Waals surface area contributed by atoms with E-state index < -0.39 is 0 Å². The molecule has 2 aliphatic rings. The molecule has 0 atom stereocenters. The van der Waals surface area contributed by atoms with Crippen molar-refractivity contribution in [2.75, 3.05) is 6.79 Å². The Balaban J connectivity index is 1.61. The van der Waals surface area contributed by atoms with E-state index in [1.165, 1.54) is 10.4 Å². The van der Waals surface area contributed by atoms with E-state index in [9.17, 15) is 4.79 Å². The van der Waals surface area contributed by atoms with Gasteiger partial charge in [0.15, 0.2) is 11.5 Å². The van der Waals surface area contributed by atoms with Crippen LogP contribution in [-0.2, 0) is 19.4 Å². The summed E-state index contributed by atoms with van der Waals surface area (Å²) in [7, 11) is 0. The van der Waals surface area contributed by atoms with Gasteiger partial charge in [-0.25, -0.2) is 4.98 Å². The SMILES string of the molecule is O=c1c2c3c(sc2ncn1Cc1cc2c(cc1Br)OCO2)CCC3. The van der Waals surface area contributed by atoms with E-state index in [0.717, 1.165) is 45.3 Å². The predicted octanol–water partition coefficient (Wildman–Crippen LogP) is 3.49. The van der Waals surface area contributed by atoms with Crippen molar-refractivity contribution in [1.82, 2.24) is 9.55 Å². The lowest BCUT2D eigenvalue weighted by Gasteiger charge is -2.09. The standard InChI is InChI=1S/C17H13BrN2O3S/c18-11-5-13-12(22-8-23-13)4-9(11)6-20-7-19-16-15(17(20)21)10-2-1-3-14(10)24-16/h4-5,7H,1-3,6,8H2. The monoisotopic (exact) mass is 404 g/mol. The summed E-state index contributed by atoms with van der Waals surface area (Å²) in [5.74, 6) is 1.44. The van der Waals surface area contributed by atoms with Crippen LogP contribution < -0.4 is 15.0 Å². The van der Waals surface area contributed by atoms with Gasteiger partial charge in [-0.2, -0.15) is 0 Å². The molecular formula is C17H13BrN2O3S. The third-order valence-electron chi connectivity index (χ3n) is 4.57. The van der Waals surface area contributed by atoms with Gasteiger partial charge in [-0.1, -0.05) is 15.9 Å². The first-order valence-corrected chi connectivity index (χ1v) is 9.39. The minimum absolute atomic E-state index is 0.0453. The largest absolute Gasteiger partial charge is 0.454 e. The number of hydrogen-bond donors (Lipinski definition) is 0. The fourth-order valence-electron chi connectivity index (χ4n) is 3.40. The van der Waals surface area contributed by atoms with Crippen molar-refractivity contribution in [3.8, 4) is 11.5 Å². The van der Waals surface area contributed by atoms with Gasteiger partial charge >= 0.3 is 0 Å². The lowest BCUT2D eigenvalue weighted by Crippen LogP contribution is -2.21. The highest BCUT2D eigenvalue weighted by Gasteiger charge is 2.22. The number of hydrogen-bond acceptors (Lipinski definition) is 5. The van der Waals surface area contributed by atoms with Crippen LogP contribution in [0.1, 0.15) is 22.4 Å². The second kappa shape index (κ2) is 5.32. The van der Waals surface area contributed by atoms with Crippen molar-refractivity contribution in [3.63, 3.8) is 0 Å². The average molecular weight is 405 g/mol. The van der Waals surface area contributed by atoms with Crippen molar-refractivity contribution in [1.29, 1.82) is 0 Å². The normalized spacial score (nSPS) is 15.2. The molecule has 3 heterocycles. The van der Waals surface area contributed by atoms with Gasteiger partial charge in [0.2, 0.25) is 6.79 Å². The van der Waals surface area contributed by atoms with E-state index in [2.05, 4.69) is 20.9 Å². The number of fused-ring (bicyclic) bond motifs is 4. The van der Waals surface area contributed by atoms with Crippen molar-refractivity contribution in [2.45, 2.75) is 25.8 Å². The maximum atomic E-state index is 13.0. The maximum Gasteiger partial charge on any atom is 0.262 e. The number of aromatic nitrogens is 2. The van der Waals surface area contributed by atoms with E-state index in [4.69, 9.17) is 9.47 Å². The lowest BCUT2D eigenvalue weighted by atomic mass is 10.2. The number of halogens is 1. The van der Waals surface area contributed by atoms with E-state index in [0.29, 0.717) is 12.3 Å². The molecule has 0 saturated heterocycles. The summed E-state index contributed by atoms with van der Waals surface area (Å²) in [6.07, 6.45) is 4.85. The molecule has 0 fully saturated rings. The molecule has 0 spiro atoms. The highest BCUT2D eigenvalue weighted by molar-refractivity contribution is 9.10. The molecule has 0 amide bonds. The van der Waals surface area contributed by atoms with Crippen LogP contribution in [0.2, 0.25) is 0 Å². The Hall–Kier alpha value is -1.86. The van der Waals surface area contributed by atoms with Gasteiger partial charge in [-0.05, 0) is 42.5 Å². The number of thiophene rings is 1. The van der Waals surface area contributed by atoms with Gasteiger partial charge in [-0.15, -0.1) is 11.3 Å². The first-order valence-electron chi connectivity index (χ1n) is 7.78. The van der Waals surface area contributed by atoms with Crippen molar-refractivity contribution < 1.29 is 9.47 Å². The van der Waals surface area contributed by atoms with Crippen LogP contribution >= 0.6 is 27.3 Å². The predicted molar refractivity (Wildman–Crippen MR) is 95.3 cm³/mol. The van der Waals surface area contributed by atoms with Gasteiger partial charge in [-0.3, -0.25) is 9.36 Å². The highest BCUT2D eigenvalue weighted by atomic mass is 79.9. The molecule has 0 N–H and O–H groups in total. The summed E-state index contributed by atoms with van der Waals surface area (Å²) in [5, 5.41) is 0.812. The molecule has 122 valence electrons. The number of ether oxygens (including phenoxy) is 2. The molecule has 1 aromatic carbocycles. The van der Waals surface area contributed by atoms with Gasteiger partial charge in [0, 0.05) is 9.35 Å². The molecule has 0 saturated carbocycles. The minimum atomic E-state index is 0.0453. The van der Waals surface area contributed by atoms with Crippen LogP contribution in [0.3, 0.4) is 0 Å². The van der Waals surface area contributed by atoms with Crippen molar-refractivity contribution in [3.05, 3.63) is 49.3 Å². The second-order valence-electron chi connectivity index (χ2n) is 6.01. The third-order valence-corrected chi connectivity index (χ3v) is 6.51. The molecule has 3 aromatic rings. The number of nitrogens with zero attached hydrogens (tertiary/aromatic N) is 2. The Morgan fingerprint density at radius 3 is 2.96 bits per heavy atom. The highest BCUT2D eigenvalue weighted by Crippen LogP contribution is 2.37. The molecule has 0 unspecified atom stereocenters. The molecule has 1 aliphatic carbocycles. The second-order valence-corrected chi connectivity index (χ2v) is 7.95. The molecule has 1 aliphatic heterocycles. The zero-order valence-corrected chi connectivity index (χ0v) is 15.1. The van der Waals surface area contributed by atoms with Crippen molar-refractivity contribution in [2.24, 2.45) is 0 Å². The molecule has 0 bridgehead atoms. The zero-order chi connectivity index (χ0) is 16.3. The summed E-state index contributed by atoms with van der Waals surface area (Å²) in [6.45, 7) is 0.684. The van der Waals surface area contributed by atoms with E-state index >= 15 is 0 Å². The fourth-order valence-corrected chi connectivity index (χ4v) is 5.06. The van der Waals surface area contributed by atoms with Gasteiger partial charge in [0.25, 0.3) is 5.56 Å². The van der Waals surface area contributed by atoms with Crippen LogP contribution in [0.5, 0.6) is 11.5 Å². The number of rotatable bonds is 2. The Bertz CT molecular complexity index is 1040. The van der Waals surface area contributed by atoms with Gasteiger partial charge in [0.05, 0.1) is 18.3 Å². The maximum absolute atomic E-state index is 13.0. The van der Waals surface area contributed by atoms with Crippen LogP contribution in [0.25, 0.3) is 10.2 Å². The molecule has 0 radical (unpaired) electrons. The smallest absolute Gasteiger partial charge is 0.262 e. The summed E-state index contributed by atoms with van der Waals surface area (Å²) in [6, 6.07) is 3.80. The fraction of sp³-hybridized carbons (Fsp3) is 0.294. The Labute approximate surface area is 150 Å². The summed E-state index contributed by atoms with van der Waals surface area (Å²) in [4.78, 5) is 19.7. The van der Waals surface area contributed by atoms with Crippen molar-refractivity contribution >= 4 is 37.5 Å². The Kier molecular flexibility index (Phi) is 3.21. The first kappa shape index (κ1) is 14.5. The molecule has 24 heavy (non-hydrogen) atoms. The summed E-state index contributed by atoms with van der Waals surface area (Å²) >= 11 is 5.22. The van der Waals surface area contributed by atoms with E-state index in [1.807, 2.05) is 12.1 Å². The Morgan fingerprint density at radius 2 is 2.08 bits per heavy atom.